The summed E-state index contributed by atoms with van der Waals surface area (Å²) in [6, 6.07) is 4.28. The SMILES string of the molecule is CC(CN)CC(=O)N1CCCC1c1ccc[nH]1. The Balaban J connectivity index is 2.02. The number of nitrogens with one attached hydrogen (secondary N) is 1. The highest BCUT2D eigenvalue weighted by atomic mass is 16.2. The van der Waals surface area contributed by atoms with Crippen LogP contribution >= 0.6 is 0 Å². The first kappa shape index (κ1) is 12.2. The first-order valence-electron chi connectivity index (χ1n) is 6.35. The molecule has 2 unspecified atom stereocenters. The van der Waals surface area contributed by atoms with Crippen LogP contribution < -0.4 is 5.73 Å². The number of rotatable bonds is 4. The number of amides is 1. The summed E-state index contributed by atoms with van der Waals surface area (Å²) in [5.41, 5.74) is 6.72. The van der Waals surface area contributed by atoms with E-state index in [0.717, 1.165) is 25.1 Å². The van der Waals surface area contributed by atoms with Crippen LogP contribution in [-0.2, 0) is 4.79 Å². The van der Waals surface area contributed by atoms with Crippen LogP contribution in [0.5, 0.6) is 0 Å². The van der Waals surface area contributed by atoms with Crippen LogP contribution in [0.15, 0.2) is 18.3 Å². The summed E-state index contributed by atoms with van der Waals surface area (Å²) >= 11 is 0. The minimum absolute atomic E-state index is 0.236. The molecule has 1 saturated heterocycles. The Morgan fingerprint density at radius 1 is 1.71 bits per heavy atom. The summed E-state index contributed by atoms with van der Waals surface area (Å²) in [6.07, 6.45) is 4.63. The average Bonchev–Trinajstić information content (AvgIpc) is 2.98. The third kappa shape index (κ3) is 2.69. The molecule has 3 N–H and O–H groups in total. The lowest BCUT2D eigenvalue weighted by Crippen LogP contribution is -2.32. The number of likely N-dealkylation sites (tertiary alicyclic amines) is 1. The molecule has 0 saturated carbocycles. The van der Waals surface area contributed by atoms with E-state index in [-0.39, 0.29) is 17.9 Å². The Bertz CT molecular complexity index is 361. The number of aromatic nitrogens is 1. The predicted molar refractivity (Wildman–Crippen MR) is 67.3 cm³/mol. The number of hydrogen-bond acceptors (Lipinski definition) is 2. The van der Waals surface area contributed by atoms with Gasteiger partial charge in [0.25, 0.3) is 0 Å². The quantitative estimate of drug-likeness (QED) is 0.833. The first-order valence-corrected chi connectivity index (χ1v) is 6.35. The fourth-order valence-electron chi connectivity index (χ4n) is 2.44. The molecule has 0 aliphatic carbocycles. The molecule has 1 aliphatic heterocycles. The minimum Gasteiger partial charge on any atom is -0.363 e. The van der Waals surface area contributed by atoms with E-state index in [9.17, 15) is 4.79 Å². The largest absolute Gasteiger partial charge is 0.363 e. The number of nitrogens with two attached hydrogens (primary N) is 1. The third-order valence-corrected chi connectivity index (χ3v) is 3.48. The molecule has 0 radical (unpaired) electrons. The molecule has 1 aliphatic rings. The highest BCUT2D eigenvalue weighted by Crippen LogP contribution is 2.31. The van der Waals surface area contributed by atoms with E-state index in [1.54, 1.807) is 0 Å². The monoisotopic (exact) mass is 235 g/mol. The Morgan fingerprint density at radius 2 is 2.53 bits per heavy atom. The summed E-state index contributed by atoms with van der Waals surface area (Å²) in [5.74, 6) is 0.507. The number of aromatic amines is 1. The van der Waals surface area contributed by atoms with Crippen molar-refractivity contribution in [3.63, 3.8) is 0 Å². The molecule has 4 heteroatoms. The predicted octanol–water partition coefficient (Wildman–Crippen LogP) is 1.66. The zero-order valence-corrected chi connectivity index (χ0v) is 10.4. The topological polar surface area (TPSA) is 62.1 Å². The second-order valence-electron chi connectivity index (χ2n) is 4.92. The summed E-state index contributed by atoms with van der Waals surface area (Å²) < 4.78 is 0. The molecule has 17 heavy (non-hydrogen) atoms. The van der Waals surface area contributed by atoms with Gasteiger partial charge in [-0.1, -0.05) is 6.92 Å². The van der Waals surface area contributed by atoms with E-state index in [0.29, 0.717) is 13.0 Å². The molecule has 1 amide bonds. The third-order valence-electron chi connectivity index (χ3n) is 3.48. The second-order valence-corrected chi connectivity index (χ2v) is 4.92. The van der Waals surface area contributed by atoms with Gasteiger partial charge in [-0.3, -0.25) is 4.79 Å². The fraction of sp³-hybridized carbons (Fsp3) is 0.615. The molecular weight excluding hydrogens is 214 g/mol. The van der Waals surface area contributed by atoms with E-state index < -0.39 is 0 Å². The Labute approximate surface area is 102 Å². The molecule has 2 rings (SSSR count). The van der Waals surface area contributed by atoms with Crippen molar-refractivity contribution in [3.05, 3.63) is 24.0 Å². The van der Waals surface area contributed by atoms with Crippen molar-refractivity contribution in [2.75, 3.05) is 13.1 Å². The smallest absolute Gasteiger partial charge is 0.223 e. The second kappa shape index (κ2) is 5.36. The van der Waals surface area contributed by atoms with Crippen LogP contribution in [-0.4, -0.2) is 28.9 Å². The van der Waals surface area contributed by atoms with Gasteiger partial charge in [-0.05, 0) is 37.4 Å². The number of carbonyl (C=O) groups excluding carboxylic acids is 1. The lowest BCUT2D eigenvalue weighted by molar-refractivity contribution is -0.133. The van der Waals surface area contributed by atoms with Gasteiger partial charge in [-0.15, -0.1) is 0 Å². The zero-order valence-electron chi connectivity index (χ0n) is 10.4. The summed E-state index contributed by atoms with van der Waals surface area (Å²) in [6.45, 7) is 3.48. The zero-order chi connectivity index (χ0) is 12.3. The molecule has 0 spiro atoms. The van der Waals surface area contributed by atoms with Gasteiger partial charge in [0.15, 0.2) is 0 Å². The van der Waals surface area contributed by atoms with Gasteiger partial charge in [-0.25, -0.2) is 0 Å². The van der Waals surface area contributed by atoms with Gasteiger partial charge in [0.2, 0.25) is 5.91 Å². The summed E-state index contributed by atoms with van der Waals surface area (Å²) in [4.78, 5) is 17.4. The van der Waals surface area contributed by atoms with Gasteiger partial charge in [0, 0.05) is 24.9 Å². The van der Waals surface area contributed by atoms with E-state index in [4.69, 9.17) is 5.73 Å². The Morgan fingerprint density at radius 3 is 3.18 bits per heavy atom. The van der Waals surface area contributed by atoms with E-state index in [1.165, 1.54) is 0 Å². The lowest BCUT2D eigenvalue weighted by atomic mass is 10.1. The van der Waals surface area contributed by atoms with Crippen molar-refractivity contribution in [2.24, 2.45) is 11.7 Å². The van der Waals surface area contributed by atoms with E-state index in [1.807, 2.05) is 24.1 Å². The normalized spacial score (nSPS) is 21.8. The molecule has 0 aromatic carbocycles. The van der Waals surface area contributed by atoms with Crippen molar-refractivity contribution >= 4 is 5.91 Å². The van der Waals surface area contributed by atoms with Crippen LogP contribution in [0.3, 0.4) is 0 Å². The van der Waals surface area contributed by atoms with Crippen molar-refractivity contribution in [3.8, 4) is 0 Å². The van der Waals surface area contributed by atoms with Gasteiger partial charge in [0.1, 0.15) is 0 Å². The van der Waals surface area contributed by atoms with Crippen molar-refractivity contribution < 1.29 is 4.79 Å². The van der Waals surface area contributed by atoms with Crippen LogP contribution in [0.1, 0.15) is 37.9 Å². The minimum atomic E-state index is 0.236. The van der Waals surface area contributed by atoms with E-state index in [2.05, 4.69) is 11.1 Å². The molecule has 4 nitrogen and oxygen atoms in total. The Kier molecular flexibility index (Phi) is 3.84. The van der Waals surface area contributed by atoms with Crippen molar-refractivity contribution in [1.82, 2.24) is 9.88 Å². The maximum atomic E-state index is 12.2. The van der Waals surface area contributed by atoms with Crippen molar-refractivity contribution in [1.29, 1.82) is 0 Å². The molecule has 1 aromatic heterocycles. The first-order chi connectivity index (χ1) is 8.22. The van der Waals surface area contributed by atoms with E-state index >= 15 is 0 Å². The lowest BCUT2D eigenvalue weighted by Gasteiger charge is -2.25. The molecule has 1 aromatic rings. The molecule has 1 fully saturated rings. The summed E-state index contributed by atoms with van der Waals surface area (Å²) in [5, 5.41) is 0. The van der Waals surface area contributed by atoms with Gasteiger partial charge in [0.05, 0.1) is 6.04 Å². The average molecular weight is 235 g/mol. The number of H-pyrrole nitrogens is 1. The van der Waals surface area contributed by atoms with Gasteiger partial charge < -0.3 is 15.6 Å². The number of nitrogens with zero attached hydrogens (tertiary/aromatic N) is 1. The van der Waals surface area contributed by atoms with Crippen molar-refractivity contribution in [2.45, 2.75) is 32.2 Å². The van der Waals surface area contributed by atoms with Crippen LogP contribution in [0.25, 0.3) is 0 Å². The molecule has 2 heterocycles. The van der Waals surface area contributed by atoms with Gasteiger partial charge in [-0.2, -0.15) is 0 Å². The fourth-order valence-corrected chi connectivity index (χ4v) is 2.44. The maximum absolute atomic E-state index is 12.2. The van der Waals surface area contributed by atoms with Crippen LogP contribution in [0.2, 0.25) is 0 Å². The molecule has 2 atom stereocenters. The number of hydrogen-bond donors (Lipinski definition) is 2. The van der Waals surface area contributed by atoms with Crippen LogP contribution in [0, 0.1) is 5.92 Å². The standard InChI is InChI=1S/C13H21N3O/c1-10(9-14)8-13(17)16-7-3-5-12(16)11-4-2-6-15-11/h2,4,6,10,12,15H,3,5,7-9,14H2,1H3. The number of carbonyl (C=O) groups is 1. The highest BCUT2D eigenvalue weighted by molar-refractivity contribution is 5.77. The maximum Gasteiger partial charge on any atom is 0.223 e. The molecule has 94 valence electrons. The molecular formula is C13H21N3O. The summed E-state index contributed by atoms with van der Waals surface area (Å²) in [7, 11) is 0. The van der Waals surface area contributed by atoms with Crippen LogP contribution in [0.4, 0.5) is 0 Å². The Hall–Kier alpha value is -1.29. The molecule has 0 bridgehead atoms. The van der Waals surface area contributed by atoms with Gasteiger partial charge >= 0.3 is 0 Å². The highest BCUT2D eigenvalue weighted by Gasteiger charge is 2.30.